The van der Waals surface area contributed by atoms with Gasteiger partial charge >= 0.3 is 36.5 Å². The molecule has 3 nitrogen and oxygen atoms in total. The van der Waals surface area contributed by atoms with E-state index >= 15 is 0 Å². The number of allylic oxidation sites excluding steroid dienone is 1. The van der Waals surface area contributed by atoms with E-state index in [-0.39, 0.29) is 4.08 Å². The zero-order valence-electron chi connectivity index (χ0n) is 13.9. The smallest absolute Gasteiger partial charge is 0.422 e. The summed E-state index contributed by atoms with van der Waals surface area (Å²) in [4.78, 5) is -1.33. The van der Waals surface area contributed by atoms with E-state index < -0.39 is 78.2 Å². The minimum Gasteiger partial charge on any atom is -0.422 e. The average Bonchev–Trinajstić information content (AvgIpc) is 2.57. The van der Waals surface area contributed by atoms with Crippen LogP contribution in [0, 0.1) is 0 Å². The van der Waals surface area contributed by atoms with Crippen molar-refractivity contribution in [2.24, 2.45) is 0 Å². The monoisotopic (exact) mass is 590 g/mol. The molecule has 0 N–H and O–H groups in total. The number of rotatable bonds is 6. The van der Waals surface area contributed by atoms with Crippen LogP contribution < -0.4 is 0 Å². The quantitative estimate of drug-likeness (QED) is 0.178. The summed E-state index contributed by atoms with van der Waals surface area (Å²) >= 11 is 0.598. The summed E-state index contributed by atoms with van der Waals surface area (Å²) in [5.41, 5.74) is 0. The van der Waals surface area contributed by atoms with Crippen LogP contribution in [-0.2, 0) is 4.74 Å². The van der Waals surface area contributed by atoms with E-state index in [1.165, 1.54) is 0 Å². The molecule has 0 aromatic carbocycles. The van der Waals surface area contributed by atoms with Crippen molar-refractivity contribution in [2.75, 3.05) is 26.2 Å². The molecule has 0 aliphatic carbocycles. The van der Waals surface area contributed by atoms with Crippen LogP contribution in [-0.4, -0.2) is 72.5 Å². The van der Waals surface area contributed by atoms with E-state index in [1.54, 1.807) is 0 Å². The second-order valence-corrected chi connectivity index (χ2v) is 6.34. The van der Waals surface area contributed by atoms with Crippen molar-refractivity contribution in [2.45, 2.75) is 36.5 Å². The first-order valence-corrected chi connectivity index (χ1v) is 8.52. The number of halogens is 15. The SMILES string of the molecule is FC(F)(F)/C(=C\I)OC(F)(F)C(F)(F)C(F)(F)C(F)(F)N1CCN(C(F)(F)F)CC1. The molecule has 1 rings (SSSR count). The van der Waals surface area contributed by atoms with Gasteiger partial charge in [-0.25, -0.2) is 9.80 Å². The Kier molecular flexibility index (Phi) is 7.52. The zero-order chi connectivity index (χ0) is 24.0. The summed E-state index contributed by atoms with van der Waals surface area (Å²) < 4.78 is 186. The number of nitrogens with zero attached hydrogens (tertiary/aromatic N) is 2. The van der Waals surface area contributed by atoms with Gasteiger partial charge in [-0.3, -0.25) is 0 Å². The first-order valence-electron chi connectivity index (χ1n) is 7.27. The maximum Gasteiger partial charge on any atom is 0.471 e. The van der Waals surface area contributed by atoms with E-state index in [9.17, 15) is 61.5 Å². The van der Waals surface area contributed by atoms with Gasteiger partial charge in [0.1, 0.15) is 0 Å². The van der Waals surface area contributed by atoms with Crippen molar-refractivity contribution in [3.63, 3.8) is 0 Å². The number of hydrogen-bond donors (Lipinski definition) is 0. The first-order chi connectivity index (χ1) is 13.1. The summed E-state index contributed by atoms with van der Waals surface area (Å²) in [5, 5.41) is 0. The van der Waals surface area contributed by atoms with Gasteiger partial charge in [-0.1, -0.05) is 0 Å². The molecule has 1 saturated heterocycles. The third-order valence-corrected chi connectivity index (χ3v) is 4.36. The summed E-state index contributed by atoms with van der Waals surface area (Å²) in [5.74, 6) is -17.1. The van der Waals surface area contributed by atoms with Gasteiger partial charge in [-0.2, -0.15) is 61.5 Å². The molecular weight excluding hydrogens is 581 g/mol. The Hall–Kier alpha value is -0.790. The third kappa shape index (κ3) is 4.99. The molecule has 0 atom stereocenters. The Morgan fingerprint density at radius 3 is 1.40 bits per heavy atom. The lowest BCUT2D eigenvalue weighted by Gasteiger charge is -2.44. The van der Waals surface area contributed by atoms with Crippen LogP contribution in [0.15, 0.2) is 9.84 Å². The molecule has 0 radical (unpaired) electrons. The van der Waals surface area contributed by atoms with Gasteiger partial charge in [-0.15, -0.1) is 0 Å². The molecule has 1 aliphatic heterocycles. The fourth-order valence-electron chi connectivity index (χ4n) is 2.16. The predicted molar refractivity (Wildman–Crippen MR) is 78.2 cm³/mol. The minimum atomic E-state index is -7.21. The number of ether oxygens (including phenoxy) is 1. The highest BCUT2D eigenvalue weighted by Crippen LogP contribution is 2.55. The van der Waals surface area contributed by atoms with Crippen molar-refractivity contribution < 1.29 is 66.2 Å². The maximum atomic E-state index is 14.0. The topological polar surface area (TPSA) is 15.7 Å². The van der Waals surface area contributed by atoms with Gasteiger partial charge in [0.15, 0.2) is 0 Å². The van der Waals surface area contributed by atoms with Crippen molar-refractivity contribution in [3.8, 4) is 0 Å². The Bertz CT molecular complexity index is 636. The van der Waals surface area contributed by atoms with Crippen LogP contribution in [0.5, 0.6) is 0 Å². The van der Waals surface area contributed by atoms with E-state index in [0.717, 1.165) is 0 Å². The molecule has 0 aromatic heterocycles. The summed E-state index contributed by atoms with van der Waals surface area (Å²) in [7, 11) is 0. The lowest BCUT2D eigenvalue weighted by Crippen LogP contribution is -2.70. The van der Waals surface area contributed by atoms with Crippen LogP contribution >= 0.6 is 22.6 Å². The molecule has 1 fully saturated rings. The van der Waals surface area contributed by atoms with Crippen molar-refractivity contribution in [1.82, 2.24) is 9.80 Å². The summed E-state index contributed by atoms with van der Waals surface area (Å²) in [6, 6.07) is -6.17. The Morgan fingerprint density at radius 2 is 1.07 bits per heavy atom. The van der Waals surface area contributed by atoms with Crippen molar-refractivity contribution in [3.05, 3.63) is 9.84 Å². The molecule has 30 heavy (non-hydrogen) atoms. The van der Waals surface area contributed by atoms with Gasteiger partial charge in [-0.05, 0) is 22.6 Å². The van der Waals surface area contributed by atoms with Gasteiger partial charge in [0, 0.05) is 30.3 Å². The highest BCUT2D eigenvalue weighted by Gasteiger charge is 2.84. The fraction of sp³-hybridized carbons (Fsp3) is 0.833. The molecule has 0 amide bonds. The van der Waals surface area contributed by atoms with E-state index in [0.29, 0.717) is 22.6 Å². The highest BCUT2D eigenvalue weighted by molar-refractivity contribution is 14.1. The molecule has 18 heteroatoms. The molecular formula is C12H9F14IN2O. The van der Waals surface area contributed by atoms with Crippen LogP contribution in [0.1, 0.15) is 0 Å². The first kappa shape index (κ1) is 27.2. The van der Waals surface area contributed by atoms with E-state index in [1.807, 2.05) is 0 Å². The molecule has 0 aromatic rings. The van der Waals surface area contributed by atoms with Crippen LogP contribution in [0.2, 0.25) is 0 Å². The van der Waals surface area contributed by atoms with Crippen LogP contribution in [0.25, 0.3) is 0 Å². The van der Waals surface area contributed by atoms with Gasteiger partial charge in [0.25, 0.3) is 0 Å². The second kappa shape index (κ2) is 8.28. The lowest BCUT2D eigenvalue weighted by atomic mass is 10.1. The summed E-state index contributed by atoms with van der Waals surface area (Å²) in [6.07, 6.45) is -17.7. The second-order valence-electron chi connectivity index (χ2n) is 5.72. The molecule has 178 valence electrons. The molecule has 0 unspecified atom stereocenters. The third-order valence-electron chi connectivity index (χ3n) is 3.79. The Labute approximate surface area is 171 Å². The maximum absolute atomic E-state index is 14.0. The normalized spacial score (nSPS) is 19.9. The number of alkyl halides is 14. The molecule has 1 aliphatic rings. The minimum absolute atomic E-state index is 0.367. The number of piperazine rings is 1. The molecule has 0 spiro atoms. The lowest BCUT2D eigenvalue weighted by molar-refractivity contribution is -0.442. The van der Waals surface area contributed by atoms with Crippen LogP contribution in [0.3, 0.4) is 0 Å². The molecule has 0 saturated carbocycles. The predicted octanol–water partition coefficient (Wildman–Crippen LogP) is 5.44. The van der Waals surface area contributed by atoms with Crippen LogP contribution in [0.4, 0.5) is 61.5 Å². The largest absolute Gasteiger partial charge is 0.471 e. The van der Waals surface area contributed by atoms with E-state index in [2.05, 4.69) is 4.74 Å². The van der Waals surface area contributed by atoms with Crippen molar-refractivity contribution in [1.29, 1.82) is 0 Å². The number of hydrogen-bond acceptors (Lipinski definition) is 3. The highest BCUT2D eigenvalue weighted by atomic mass is 127. The van der Waals surface area contributed by atoms with Gasteiger partial charge in [0.2, 0.25) is 5.76 Å². The van der Waals surface area contributed by atoms with E-state index in [4.69, 9.17) is 0 Å². The zero-order valence-corrected chi connectivity index (χ0v) is 16.0. The molecule has 0 bridgehead atoms. The Balaban J connectivity index is 3.17. The fourth-order valence-corrected chi connectivity index (χ4v) is 2.64. The molecule has 1 heterocycles. The standard InChI is InChI=1S/C12H9F14IN2O/c13-7(14,15)6(5-27)30-11(22,23)9(18,19)8(16,17)10(20,21)28-1-3-29(4-2-28)12(24,25)26/h5H,1-4H2/b6-5+. The average molecular weight is 590 g/mol. The Morgan fingerprint density at radius 1 is 0.667 bits per heavy atom. The van der Waals surface area contributed by atoms with Crippen molar-refractivity contribution >= 4 is 22.6 Å². The van der Waals surface area contributed by atoms with Gasteiger partial charge < -0.3 is 4.74 Å². The summed E-state index contributed by atoms with van der Waals surface area (Å²) in [6.45, 7) is -5.95. The van der Waals surface area contributed by atoms with Gasteiger partial charge in [0.05, 0.1) is 0 Å².